The smallest absolute Gasteiger partial charge is 0.311 e. The molecule has 0 radical (unpaired) electrons. The Morgan fingerprint density at radius 3 is 2.50 bits per heavy atom. The molecule has 1 aromatic carbocycles. The van der Waals surface area contributed by atoms with Gasteiger partial charge < -0.3 is 14.8 Å². The lowest BCUT2D eigenvalue weighted by Crippen LogP contribution is -2.47. The highest BCUT2D eigenvalue weighted by atomic mass is 35.5. The van der Waals surface area contributed by atoms with Crippen LogP contribution in [0.5, 0.6) is 5.75 Å². The van der Waals surface area contributed by atoms with E-state index < -0.39 is 0 Å². The summed E-state index contributed by atoms with van der Waals surface area (Å²) in [6, 6.07) is 5.59. The van der Waals surface area contributed by atoms with Crippen molar-refractivity contribution in [3.05, 3.63) is 33.9 Å². The second kappa shape index (κ2) is 10.9. The molecule has 0 unspecified atom stereocenters. The van der Waals surface area contributed by atoms with Gasteiger partial charge >= 0.3 is 5.69 Å². The van der Waals surface area contributed by atoms with E-state index in [1.807, 2.05) is 6.07 Å². The van der Waals surface area contributed by atoms with Crippen LogP contribution in [-0.2, 0) is 4.74 Å². The van der Waals surface area contributed by atoms with Crippen molar-refractivity contribution < 1.29 is 14.4 Å². The maximum atomic E-state index is 11.4. The molecule has 1 atom stereocenters. The van der Waals surface area contributed by atoms with E-state index in [9.17, 15) is 10.1 Å². The molecule has 0 bridgehead atoms. The molecule has 3 rings (SSSR count). The number of nitro groups is 1. The van der Waals surface area contributed by atoms with Gasteiger partial charge in [0.25, 0.3) is 0 Å². The first kappa shape index (κ1) is 22.9. The second-order valence-electron chi connectivity index (χ2n) is 6.37. The predicted molar refractivity (Wildman–Crippen MR) is 105 cm³/mol. The topological polar surface area (TPSA) is 76.9 Å². The molecule has 1 aromatic rings. The van der Waals surface area contributed by atoms with Crippen molar-refractivity contribution in [2.75, 3.05) is 46.5 Å². The quantitative estimate of drug-likeness (QED) is 0.597. The molecule has 2 fully saturated rings. The summed E-state index contributed by atoms with van der Waals surface area (Å²) in [5.74, 6) is 0.777. The molecule has 148 valence electrons. The zero-order valence-corrected chi connectivity index (χ0v) is 16.5. The molecule has 0 spiro atoms. The summed E-state index contributed by atoms with van der Waals surface area (Å²) in [7, 11) is 1.47. The first-order valence-electron chi connectivity index (χ1n) is 8.55. The van der Waals surface area contributed by atoms with Crippen LogP contribution in [0.15, 0.2) is 18.2 Å². The number of nitrogens with one attached hydrogen (secondary N) is 1. The zero-order valence-electron chi connectivity index (χ0n) is 14.9. The van der Waals surface area contributed by atoms with Crippen molar-refractivity contribution in [3.63, 3.8) is 0 Å². The van der Waals surface area contributed by atoms with Crippen LogP contribution in [0, 0.1) is 16.0 Å². The third kappa shape index (κ3) is 5.20. The van der Waals surface area contributed by atoms with Gasteiger partial charge in [-0.3, -0.25) is 15.0 Å². The summed E-state index contributed by atoms with van der Waals surface area (Å²) in [5.41, 5.74) is 1.05. The van der Waals surface area contributed by atoms with Crippen LogP contribution in [0.3, 0.4) is 0 Å². The standard InChI is InChI=1S/C17H25N3O4.2ClH/c1-23-16-3-2-14(12-15(16)20(21)22)17(13-4-10-24-11-5-13)19-8-6-18-7-9-19;;/h2-3,12-13,17-18H,4-11H2,1H3;2*1H/t17-;;/m0../s1. The fraction of sp³-hybridized carbons (Fsp3) is 0.647. The van der Waals surface area contributed by atoms with Crippen LogP contribution in [0.2, 0.25) is 0 Å². The van der Waals surface area contributed by atoms with E-state index in [4.69, 9.17) is 9.47 Å². The molecule has 2 saturated heterocycles. The van der Waals surface area contributed by atoms with Gasteiger partial charge in [-0.1, -0.05) is 6.07 Å². The van der Waals surface area contributed by atoms with Crippen molar-refractivity contribution in [3.8, 4) is 5.75 Å². The summed E-state index contributed by atoms with van der Waals surface area (Å²) in [6.45, 7) is 5.37. The first-order valence-corrected chi connectivity index (χ1v) is 8.55. The highest BCUT2D eigenvalue weighted by molar-refractivity contribution is 5.85. The lowest BCUT2D eigenvalue weighted by atomic mass is 9.85. The molecule has 2 heterocycles. The number of rotatable bonds is 5. The summed E-state index contributed by atoms with van der Waals surface area (Å²) in [6.07, 6.45) is 1.99. The van der Waals surface area contributed by atoms with Gasteiger partial charge in [0.1, 0.15) is 0 Å². The minimum Gasteiger partial charge on any atom is -0.490 e. The van der Waals surface area contributed by atoms with E-state index in [-0.39, 0.29) is 41.5 Å². The Balaban J connectivity index is 0.00000169. The van der Waals surface area contributed by atoms with Crippen LogP contribution in [0.25, 0.3) is 0 Å². The molecule has 0 aliphatic carbocycles. The highest BCUT2D eigenvalue weighted by Gasteiger charge is 2.32. The fourth-order valence-corrected chi connectivity index (χ4v) is 3.81. The van der Waals surface area contributed by atoms with E-state index in [2.05, 4.69) is 10.2 Å². The molecule has 26 heavy (non-hydrogen) atoms. The number of halogens is 2. The predicted octanol–water partition coefficient (Wildman–Crippen LogP) is 2.82. The Morgan fingerprint density at radius 2 is 1.92 bits per heavy atom. The van der Waals surface area contributed by atoms with Crippen molar-refractivity contribution in [1.82, 2.24) is 10.2 Å². The summed E-state index contributed by atoms with van der Waals surface area (Å²) >= 11 is 0. The molecule has 0 aromatic heterocycles. The van der Waals surface area contributed by atoms with Crippen molar-refractivity contribution in [2.24, 2.45) is 5.92 Å². The minimum atomic E-state index is -0.360. The Hall–Kier alpha value is -1.12. The Kier molecular flexibility index (Phi) is 9.60. The van der Waals surface area contributed by atoms with Gasteiger partial charge in [0, 0.05) is 51.5 Å². The van der Waals surface area contributed by atoms with Crippen molar-refractivity contribution in [1.29, 1.82) is 0 Å². The van der Waals surface area contributed by atoms with Crippen LogP contribution >= 0.6 is 24.8 Å². The number of hydrogen-bond donors (Lipinski definition) is 1. The number of hydrogen-bond acceptors (Lipinski definition) is 6. The van der Waals surface area contributed by atoms with Gasteiger partial charge in [-0.15, -0.1) is 24.8 Å². The molecule has 2 aliphatic heterocycles. The maximum Gasteiger partial charge on any atom is 0.311 e. The summed E-state index contributed by atoms with van der Waals surface area (Å²) in [4.78, 5) is 13.5. The van der Waals surface area contributed by atoms with Gasteiger partial charge in [-0.05, 0) is 30.4 Å². The average Bonchev–Trinajstić information content (AvgIpc) is 2.63. The van der Waals surface area contributed by atoms with Crippen LogP contribution in [0.4, 0.5) is 5.69 Å². The Morgan fingerprint density at radius 1 is 1.27 bits per heavy atom. The SMILES string of the molecule is COc1ccc([C@H](C2CCOCC2)N2CCNCC2)cc1[N+](=O)[O-].Cl.Cl. The monoisotopic (exact) mass is 407 g/mol. The van der Waals surface area contributed by atoms with E-state index in [1.165, 1.54) is 7.11 Å². The largest absolute Gasteiger partial charge is 0.490 e. The lowest BCUT2D eigenvalue weighted by molar-refractivity contribution is -0.385. The molecular formula is C17H27Cl2N3O4. The summed E-state index contributed by atoms with van der Waals surface area (Å²) < 4.78 is 10.7. The second-order valence-corrected chi connectivity index (χ2v) is 6.37. The number of nitro benzene ring substituents is 1. The van der Waals surface area contributed by atoms with E-state index in [0.29, 0.717) is 11.7 Å². The first-order chi connectivity index (χ1) is 11.7. The Bertz CT molecular complexity index is 561. The Labute approximate surface area is 166 Å². The lowest BCUT2D eigenvalue weighted by Gasteiger charge is -2.41. The van der Waals surface area contributed by atoms with Crippen molar-refractivity contribution in [2.45, 2.75) is 18.9 Å². The molecule has 1 N–H and O–H groups in total. The highest BCUT2D eigenvalue weighted by Crippen LogP contribution is 2.38. The van der Waals surface area contributed by atoms with Gasteiger partial charge in [0.2, 0.25) is 0 Å². The van der Waals surface area contributed by atoms with E-state index in [0.717, 1.165) is 57.8 Å². The molecule has 2 aliphatic rings. The average molecular weight is 408 g/mol. The van der Waals surface area contributed by atoms with E-state index >= 15 is 0 Å². The number of methoxy groups -OCH3 is 1. The van der Waals surface area contributed by atoms with Gasteiger partial charge in [-0.2, -0.15) is 0 Å². The summed E-state index contributed by atoms with van der Waals surface area (Å²) in [5, 5.41) is 14.8. The number of ether oxygens (including phenoxy) is 2. The van der Waals surface area contributed by atoms with Gasteiger partial charge in [0.15, 0.2) is 5.75 Å². The van der Waals surface area contributed by atoms with Crippen LogP contribution in [0.1, 0.15) is 24.4 Å². The van der Waals surface area contributed by atoms with Crippen LogP contribution < -0.4 is 10.1 Å². The third-order valence-electron chi connectivity index (χ3n) is 5.00. The minimum absolute atomic E-state index is 0. The zero-order chi connectivity index (χ0) is 16.9. The van der Waals surface area contributed by atoms with Crippen molar-refractivity contribution >= 4 is 30.5 Å². The third-order valence-corrected chi connectivity index (χ3v) is 5.00. The molecule has 0 saturated carbocycles. The number of piperazine rings is 1. The normalized spacial score (nSPS) is 19.7. The molecule has 0 amide bonds. The molecule has 9 heteroatoms. The number of nitrogens with zero attached hydrogens (tertiary/aromatic N) is 2. The van der Waals surface area contributed by atoms with Gasteiger partial charge in [0.05, 0.1) is 12.0 Å². The fourth-order valence-electron chi connectivity index (χ4n) is 3.81. The van der Waals surface area contributed by atoms with Crippen LogP contribution in [-0.4, -0.2) is 56.3 Å². The van der Waals surface area contributed by atoms with Gasteiger partial charge in [-0.25, -0.2) is 0 Å². The molecular weight excluding hydrogens is 381 g/mol. The molecule has 7 nitrogen and oxygen atoms in total. The van der Waals surface area contributed by atoms with E-state index in [1.54, 1.807) is 12.1 Å². The maximum absolute atomic E-state index is 11.4. The number of benzene rings is 1.